The number of hydrogen-bond acceptors (Lipinski definition) is 5. The summed E-state index contributed by atoms with van der Waals surface area (Å²) < 4.78 is 7.94. The zero-order chi connectivity index (χ0) is 20.5. The van der Waals surface area contributed by atoms with Crippen molar-refractivity contribution in [3.8, 4) is 28.7 Å². The number of ether oxygens (including phenoxy) is 1. The highest BCUT2D eigenvalue weighted by molar-refractivity contribution is 6.31. The second-order valence-corrected chi connectivity index (χ2v) is 7.29. The fourth-order valence-corrected chi connectivity index (χ4v) is 3.42. The molecular weight excluding hydrogens is 386 g/mol. The van der Waals surface area contributed by atoms with Crippen LogP contribution < -0.4 is 10.5 Å². The van der Waals surface area contributed by atoms with E-state index in [-0.39, 0.29) is 6.04 Å². The van der Waals surface area contributed by atoms with E-state index >= 15 is 0 Å². The SMILES string of the molecule is CC(C)n1cc(-c2ccc(Oc3ccc(C#N)c(Cl)c3)cc2)c2c(N)ncnc21. The van der Waals surface area contributed by atoms with E-state index in [0.29, 0.717) is 27.9 Å². The van der Waals surface area contributed by atoms with E-state index in [1.54, 1.807) is 18.2 Å². The van der Waals surface area contributed by atoms with Gasteiger partial charge in [-0.05, 0) is 43.7 Å². The number of anilines is 1. The van der Waals surface area contributed by atoms with E-state index in [0.717, 1.165) is 22.2 Å². The molecule has 0 unspecified atom stereocenters. The molecule has 0 fully saturated rings. The van der Waals surface area contributed by atoms with Gasteiger partial charge in [0.2, 0.25) is 0 Å². The fraction of sp³-hybridized carbons (Fsp3) is 0.136. The predicted molar refractivity (Wildman–Crippen MR) is 114 cm³/mol. The van der Waals surface area contributed by atoms with E-state index in [2.05, 4.69) is 34.6 Å². The molecular formula is C22H18ClN5O. The Balaban J connectivity index is 1.68. The summed E-state index contributed by atoms with van der Waals surface area (Å²) >= 11 is 6.07. The molecule has 0 aliphatic carbocycles. The molecule has 2 aromatic heterocycles. The van der Waals surface area contributed by atoms with Gasteiger partial charge in [0.15, 0.2) is 0 Å². The molecule has 2 heterocycles. The Morgan fingerprint density at radius 1 is 1.10 bits per heavy atom. The molecule has 29 heavy (non-hydrogen) atoms. The van der Waals surface area contributed by atoms with Crippen LogP contribution in [0.15, 0.2) is 55.0 Å². The van der Waals surface area contributed by atoms with Gasteiger partial charge in [0.05, 0.1) is 16.0 Å². The summed E-state index contributed by atoms with van der Waals surface area (Å²) in [6.45, 7) is 4.20. The van der Waals surface area contributed by atoms with Crippen molar-refractivity contribution in [2.24, 2.45) is 0 Å². The van der Waals surface area contributed by atoms with Crippen molar-refractivity contribution >= 4 is 28.5 Å². The molecule has 0 saturated heterocycles. The Kier molecular flexibility index (Phi) is 4.83. The van der Waals surface area contributed by atoms with E-state index in [4.69, 9.17) is 27.3 Å². The molecule has 0 spiro atoms. The van der Waals surface area contributed by atoms with Gasteiger partial charge in [-0.25, -0.2) is 9.97 Å². The molecule has 2 N–H and O–H groups in total. The Morgan fingerprint density at radius 3 is 2.48 bits per heavy atom. The molecule has 7 heteroatoms. The maximum absolute atomic E-state index is 8.97. The molecule has 4 rings (SSSR count). The lowest BCUT2D eigenvalue weighted by Gasteiger charge is -2.08. The normalized spacial score (nSPS) is 11.0. The first kappa shape index (κ1) is 18.8. The molecule has 0 aliphatic heterocycles. The topological polar surface area (TPSA) is 89.8 Å². The smallest absolute Gasteiger partial charge is 0.146 e. The number of nitrogens with zero attached hydrogens (tertiary/aromatic N) is 4. The molecule has 0 bridgehead atoms. The average Bonchev–Trinajstić information content (AvgIpc) is 3.10. The van der Waals surface area contributed by atoms with E-state index in [1.165, 1.54) is 6.33 Å². The highest BCUT2D eigenvalue weighted by atomic mass is 35.5. The van der Waals surface area contributed by atoms with Crippen molar-refractivity contribution in [1.29, 1.82) is 5.26 Å². The summed E-state index contributed by atoms with van der Waals surface area (Å²) in [5.74, 6) is 1.68. The van der Waals surface area contributed by atoms with E-state index in [9.17, 15) is 0 Å². The summed E-state index contributed by atoms with van der Waals surface area (Å²) in [4.78, 5) is 8.57. The van der Waals surface area contributed by atoms with Gasteiger partial charge in [-0.15, -0.1) is 0 Å². The predicted octanol–water partition coefficient (Wildman–Crippen LogP) is 5.58. The molecule has 2 aromatic carbocycles. The lowest BCUT2D eigenvalue weighted by molar-refractivity contribution is 0.483. The maximum Gasteiger partial charge on any atom is 0.146 e. The van der Waals surface area contributed by atoms with Gasteiger partial charge in [0, 0.05) is 23.9 Å². The van der Waals surface area contributed by atoms with Crippen molar-refractivity contribution in [2.45, 2.75) is 19.9 Å². The monoisotopic (exact) mass is 403 g/mol. The van der Waals surface area contributed by atoms with Crippen molar-refractivity contribution in [2.75, 3.05) is 5.73 Å². The zero-order valence-corrected chi connectivity index (χ0v) is 16.7. The molecule has 0 saturated carbocycles. The van der Waals surface area contributed by atoms with Crippen molar-refractivity contribution in [1.82, 2.24) is 14.5 Å². The summed E-state index contributed by atoms with van der Waals surface area (Å²) in [5.41, 5.74) is 9.34. The Labute approximate surface area is 173 Å². The zero-order valence-electron chi connectivity index (χ0n) is 15.9. The van der Waals surface area contributed by atoms with Crippen LogP contribution in [0.5, 0.6) is 11.5 Å². The van der Waals surface area contributed by atoms with Crippen LogP contribution in [0.3, 0.4) is 0 Å². The van der Waals surface area contributed by atoms with Gasteiger partial charge in [0.1, 0.15) is 35.4 Å². The first-order valence-corrected chi connectivity index (χ1v) is 9.44. The number of rotatable bonds is 4. The highest BCUT2D eigenvalue weighted by Crippen LogP contribution is 2.35. The number of nitrogen functional groups attached to an aromatic ring is 1. The van der Waals surface area contributed by atoms with Crippen LogP contribution in [-0.4, -0.2) is 14.5 Å². The van der Waals surface area contributed by atoms with Crippen LogP contribution in [-0.2, 0) is 0 Å². The number of aromatic nitrogens is 3. The van der Waals surface area contributed by atoms with Crippen LogP contribution in [0.4, 0.5) is 5.82 Å². The van der Waals surface area contributed by atoms with Gasteiger partial charge in [-0.1, -0.05) is 23.7 Å². The van der Waals surface area contributed by atoms with Gasteiger partial charge in [0.25, 0.3) is 0 Å². The summed E-state index contributed by atoms with van der Waals surface area (Å²) in [5, 5.41) is 10.2. The molecule has 4 aromatic rings. The van der Waals surface area contributed by atoms with Crippen molar-refractivity contribution in [3.05, 3.63) is 65.6 Å². The number of halogens is 1. The lowest BCUT2D eigenvalue weighted by atomic mass is 10.1. The number of nitriles is 1. The molecule has 0 amide bonds. The van der Waals surface area contributed by atoms with E-state index < -0.39 is 0 Å². The summed E-state index contributed by atoms with van der Waals surface area (Å²) in [7, 11) is 0. The highest BCUT2D eigenvalue weighted by Gasteiger charge is 2.16. The molecule has 6 nitrogen and oxygen atoms in total. The molecule has 0 atom stereocenters. The number of fused-ring (bicyclic) bond motifs is 1. The fourth-order valence-electron chi connectivity index (χ4n) is 3.21. The van der Waals surface area contributed by atoms with Gasteiger partial charge in [-0.3, -0.25) is 0 Å². The van der Waals surface area contributed by atoms with Gasteiger partial charge in [-0.2, -0.15) is 5.26 Å². The van der Waals surface area contributed by atoms with Crippen LogP contribution in [0.1, 0.15) is 25.5 Å². The largest absolute Gasteiger partial charge is 0.457 e. The Morgan fingerprint density at radius 2 is 1.83 bits per heavy atom. The third-order valence-corrected chi connectivity index (χ3v) is 4.97. The van der Waals surface area contributed by atoms with Crippen LogP contribution in [0.25, 0.3) is 22.2 Å². The molecule has 144 valence electrons. The number of benzene rings is 2. The van der Waals surface area contributed by atoms with Crippen molar-refractivity contribution < 1.29 is 4.74 Å². The van der Waals surface area contributed by atoms with E-state index in [1.807, 2.05) is 30.3 Å². The Bertz CT molecular complexity index is 1240. The second-order valence-electron chi connectivity index (χ2n) is 6.88. The van der Waals surface area contributed by atoms with Crippen molar-refractivity contribution in [3.63, 3.8) is 0 Å². The first-order valence-electron chi connectivity index (χ1n) is 9.07. The molecule has 0 aliphatic rings. The third kappa shape index (κ3) is 3.48. The Hall–Kier alpha value is -3.56. The molecule has 0 radical (unpaired) electrons. The third-order valence-electron chi connectivity index (χ3n) is 4.66. The van der Waals surface area contributed by atoms with Gasteiger partial charge < -0.3 is 15.0 Å². The maximum atomic E-state index is 8.97. The quantitative estimate of drug-likeness (QED) is 0.480. The van der Waals surface area contributed by atoms with Gasteiger partial charge >= 0.3 is 0 Å². The number of nitrogens with two attached hydrogens (primary N) is 1. The number of hydrogen-bond donors (Lipinski definition) is 1. The summed E-state index contributed by atoms with van der Waals surface area (Å²) in [6, 6.07) is 14.9. The average molecular weight is 404 g/mol. The van der Waals surface area contributed by atoms with Crippen LogP contribution in [0, 0.1) is 11.3 Å². The first-order chi connectivity index (χ1) is 14.0. The summed E-state index contributed by atoms with van der Waals surface area (Å²) in [6.07, 6.45) is 3.54. The minimum absolute atomic E-state index is 0.240. The second kappa shape index (κ2) is 7.46. The van der Waals surface area contributed by atoms with Crippen LogP contribution in [0.2, 0.25) is 5.02 Å². The minimum Gasteiger partial charge on any atom is -0.457 e. The lowest BCUT2D eigenvalue weighted by Crippen LogP contribution is -2.00. The van der Waals surface area contributed by atoms with Crippen LogP contribution >= 0.6 is 11.6 Å². The minimum atomic E-state index is 0.240. The standard InChI is InChI=1S/C22H18ClN5O/c1-13(2)28-11-18(20-21(25)26-12-27-22(20)28)14-3-6-16(7-4-14)29-17-8-5-15(10-24)19(23)9-17/h3-9,11-13H,1-2H3,(H2,25,26,27).